The fraction of sp³-hybridized carbons (Fsp3) is 0.143. The summed E-state index contributed by atoms with van der Waals surface area (Å²) >= 11 is 2.27. The molecule has 2 rings (SSSR count). The Morgan fingerprint density at radius 2 is 2.00 bits per heavy atom. The monoisotopic (exact) mass is 368 g/mol. The lowest BCUT2D eigenvalue weighted by atomic mass is 10.2. The van der Waals surface area contributed by atoms with Gasteiger partial charge < -0.3 is 10.1 Å². The van der Waals surface area contributed by atoms with E-state index in [1.165, 1.54) is 16.9 Å². The van der Waals surface area contributed by atoms with Gasteiger partial charge in [-0.2, -0.15) is 0 Å². The molecular weight excluding hydrogens is 355 g/mol. The maximum atomic E-state index is 11.3. The third-order valence-electron chi connectivity index (χ3n) is 2.56. The summed E-state index contributed by atoms with van der Waals surface area (Å²) in [6.45, 7) is 0.613. The smallest absolute Gasteiger partial charge is 0.339 e. The highest BCUT2D eigenvalue weighted by Crippen LogP contribution is 2.12. The van der Waals surface area contributed by atoms with Crippen molar-refractivity contribution in [1.82, 2.24) is 4.98 Å². The zero-order valence-corrected chi connectivity index (χ0v) is 12.5. The van der Waals surface area contributed by atoms with Gasteiger partial charge in [0.15, 0.2) is 0 Å². The Bertz CT molecular complexity index is 553. The van der Waals surface area contributed by atoms with Gasteiger partial charge >= 0.3 is 5.97 Å². The molecule has 0 bridgehead atoms. The first-order valence-electron chi connectivity index (χ1n) is 5.72. The van der Waals surface area contributed by atoms with Crippen molar-refractivity contribution in [2.24, 2.45) is 0 Å². The van der Waals surface area contributed by atoms with E-state index in [2.05, 4.69) is 37.6 Å². The van der Waals surface area contributed by atoms with Crippen molar-refractivity contribution in [1.29, 1.82) is 0 Å². The molecule has 98 valence electrons. The zero-order valence-electron chi connectivity index (χ0n) is 10.4. The van der Waals surface area contributed by atoms with E-state index in [1.54, 1.807) is 6.07 Å². The molecule has 5 heteroatoms. The minimum absolute atomic E-state index is 0.371. The molecule has 4 nitrogen and oxygen atoms in total. The van der Waals surface area contributed by atoms with Crippen LogP contribution in [0.5, 0.6) is 0 Å². The van der Waals surface area contributed by atoms with Gasteiger partial charge in [0.05, 0.1) is 24.9 Å². The van der Waals surface area contributed by atoms with Gasteiger partial charge in [-0.05, 0) is 59.0 Å². The number of ether oxygens (including phenoxy) is 1. The first-order valence-corrected chi connectivity index (χ1v) is 6.79. The number of methoxy groups -OCH3 is 1. The standard InChI is InChI=1S/C14H13IN2O2/c1-19-14(18)10-2-5-13(16-8-10)9-17-12-6-3-11(15)4-7-12/h2-8,17H,9H2,1H3. The fourth-order valence-electron chi connectivity index (χ4n) is 1.53. The summed E-state index contributed by atoms with van der Waals surface area (Å²) in [6, 6.07) is 11.6. The third-order valence-corrected chi connectivity index (χ3v) is 3.28. The van der Waals surface area contributed by atoms with Crippen molar-refractivity contribution >= 4 is 34.2 Å². The second-order valence-corrected chi connectivity index (χ2v) is 5.14. The zero-order chi connectivity index (χ0) is 13.7. The second-order valence-electron chi connectivity index (χ2n) is 3.89. The van der Waals surface area contributed by atoms with Crippen LogP contribution in [0.1, 0.15) is 16.1 Å². The summed E-state index contributed by atoms with van der Waals surface area (Å²) in [7, 11) is 1.36. The normalized spacial score (nSPS) is 10.0. The van der Waals surface area contributed by atoms with Crippen molar-refractivity contribution in [3.05, 3.63) is 57.4 Å². The van der Waals surface area contributed by atoms with Crippen LogP contribution in [0.2, 0.25) is 0 Å². The molecule has 2 aromatic rings. The second kappa shape index (κ2) is 6.51. The average Bonchev–Trinajstić information content (AvgIpc) is 2.46. The number of anilines is 1. The van der Waals surface area contributed by atoms with Crippen molar-refractivity contribution in [3.63, 3.8) is 0 Å². The first kappa shape index (κ1) is 13.8. The van der Waals surface area contributed by atoms with Gasteiger partial charge in [-0.1, -0.05) is 0 Å². The Morgan fingerprint density at radius 1 is 1.26 bits per heavy atom. The molecule has 0 aliphatic carbocycles. The summed E-state index contributed by atoms with van der Waals surface area (Å²) < 4.78 is 5.82. The van der Waals surface area contributed by atoms with Crippen LogP contribution in [-0.2, 0) is 11.3 Å². The first-order chi connectivity index (χ1) is 9.19. The molecule has 1 aromatic heterocycles. The number of rotatable bonds is 4. The number of hydrogen-bond acceptors (Lipinski definition) is 4. The van der Waals surface area contributed by atoms with E-state index < -0.39 is 0 Å². The molecule has 0 saturated heterocycles. The number of esters is 1. The summed E-state index contributed by atoms with van der Waals surface area (Å²) in [5, 5.41) is 3.27. The molecule has 1 N–H and O–H groups in total. The minimum atomic E-state index is -0.371. The van der Waals surface area contributed by atoms with E-state index in [0.717, 1.165) is 11.4 Å². The fourth-order valence-corrected chi connectivity index (χ4v) is 1.89. The van der Waals surface area contributed by atoms with Crippen LogP contribution in [-0.4, -0.2) is 18.1 Å². The third kappa shape index (κ3) is 3.92. The molecular formula is C14H13IN2O2. The predicted molar refractivity (Wildman–Crippen MR) is 82.1 cm³/mol. The topological polar surface area (TPSA) is 51.2 Å². The van der Waals surface area contributed by atoms with Gasteiger partial charge in [0.1, 0.15) is 0 Å². The van der Waals surface area contributed by atoms with Crippen molar-refractivity contribution in [3.8, 4) is 0 Å². The molecule has 1 aromatic carbocycles. The van der Waals surface area contributed by atoms with Gasteiger partial charge in [-0.25, -0.2) is 4.79 Å². The van der Waals surface area contributed by atoms with Gasteiger partial charge in [-0.15, -0.1) is 0 Å². The molecule has 0 radical (unpaired) electrons. The van der Waals surface area contributed by atoms with E-state index in [1.807, 2.05) is 30.3 Å². The van der Waals surface area contributed by atoms with Crippen molar-refractivity contribution < 1.29 is 9.53 Å². The summed E-state index contributed by atoms with van der Waals surface area (Å²) in [5.41, 5.74) is 2.37. The highest BCUT2D eigenvalue weighted by Gasteiger charge is 2.05. The number of pyridine rings is 1. The van der Waals surface area contributed by atoms with E-state index in [4.69, 9.17) is 0 Å². The molecule has 0 atom stereocenters. The average molecular weight is 368 g/mol. The molecule has 0 saturated carbocycles. The summed E-state index contributed by atoms with van der Waals surface area (Å²) in [5.74, 6) is -0.371. The predicted octanol–water partition coefficient (Wildman–Crippen LogP) is 3.08. The van der Waals surface area contributed by atoms with Gasteiger partial charge in [0.25, 0.3) is 0 Å². The molecule has 0 fully saturated rings. The Labute approximate surface area is 125 Å². The number of carbonyl (C=O) groups excluding carboxylic acids is 1. The number of nitrogens with one attached hydrogen (secondary N) is 1. The lowest BCUT2D eigenvalue weighted by molar-refractivity contribution is 0.0600. The molecule has 0 aliphatic rings. The number of aromatic nitrogens is 1. The molecule has 0 spiro atoms. The molecule has 19 heavy (non-hydrogen) atoms. The minimum Gasteiger partial charge on any atom is -0.465 e. The summed E-state index contributed by atoms with van der Waals surface area (Å²) in [4.78, 5) is 15.5. The molecule has 0 unspecified atom stereocenters. The Balaban J connectivity index is 1.96. The van der Waals surface area contributed by atoms with E-state index in [9.17, 15) is 4.79 Å². The van der Waals surface area contributed by atoms with Gasteiger partial charge in [-0.3, -0.25) is 4.98 Å². The van der Waals surface area contributed by atoms with E-state index >= 15 is 0 Å². The molecule has 0 aliphatic heterocycles. The van der Waals surface area contributed by atoms with Gasteiger partial charge in [0, 0.05) is 15.5 Å². The van der Waals surface area contributed by atoms with Crippen LogP contribution in [0.4, 0.5) is 5.69 Å². The van der Waals surface area contributed by atoms with Crippen LogP contribution >= 0.6 is 22.6 Å². The Hall–Kier alpha value is -1.63. The van der Waals surface area contributed by atoms with Crippen LogP contribution in [0, 0.1) is 3.57 Å². The number of benzene rings is 1. The van der Waals surface area contributed by atoms with Crippen LogP contribution in [0.15, 0.2) is 42.6 Å². The van der Waals surface area contributed by atoms with E-state index in [0.29, 0.717) is 12.1 Å². The Morgan fingerprint density at radius 3 is 2.58 bits per heavy atom. The number of nitrogens with zero attached hydrogens (tertiary/aromatic N) is 1. The lowest BCUT2D eigenvalue weighted by Crippen LogP contribution is -2.05. The van der Waals surface area contributed by atoms with Crippen molar-refractivity contribution in [2.75, 3.05) is 12.4 Å². The van der Waals surface area contributed by atoms with Crippen LogP contribution < -0.4 is 5.32 Å². The summed E-state index contributed by atoms with van der Waals surface area (Å²) in [6.07, 6.45) is 1.52. The van der Waals surface area contributed by atoms with Crippen LogP contribution in [0.25, 0.3) is 0 Å². The lowest BCUT2D eigenvalue weighted by Gasteiger charge is -2.06. The maximum Gasteiger partial charge on any atom is 0.339 e. The van der Waals surface area contributed by atoms with Gasteiger partial charge in [0.2, 0.25) is 0 Å². The largest absolute Gasteiger partial charge is 0.465 e. The number of carbonyl (C=O) groups is 1. The van der Waals surface area contributed by atoms with E-state index in [-0.39, 0.29) is 5.97 Å². The SMILES string of the molecule is COC(=O)c1ccc(CNc2ccc(I)cc2)nc1. The highest BCUT2D eigenvalue weighted by atomic mass is 127. The maximum absolute atomic E-state index is 11.3. The van der Waals surface area contributed by atoms with Crippen molar-refractivity contribution in [2.45, 2.75) is 6.54 Å². The quantitative estimate of drug-likeness (QED) is 0.666. The molecule has 1 heterocycles. The highest BCUT2D eigenvalue weighted by molar-refractivity contribution is 14.1. The number of hydrogen-bond donors (Lipinski definition) is 1. The molecule has 0 amide bonds. The van der Waals surface area contributed by atoms with Crippen LogP contribution in [0.3, 0.4) is 0 Å². The number of halogens is 1. The Kier molecular flexibility index (Phi) is 4.73.